The molecule has 318 valence electrons. The van der Waals surface area contributed by atoms with Crippen LogP contribution in [0.15, 0.2) is 42.5 Å². The second-order valence-electron chi connectivity index (χ2n) is 16.1. The molecule has 0 radical (unpaired) electrons. The fourth-order valence-electron chi connectivity index (χ4n) is 8.63. The van der Waals surface area contributed by atoms with Crippen LogP contribution in [0.2, 0.25) is 0 Å². The number of carbonyl (C=O) groups is 4. The maximum Gasteiger partial charge on any atom is 0.417 e. The van der Waals surface area contributed by atoms with Crippen molar-refractivity contribution < 1.29 is 45.5 Å². The van der Waals surface area contributed by atoms with Crippen LogP contribution >= 0.6 is 12.2 Å². The van der Waals surface area contributed by atoms with Gasteiger partial charge in [-0.3, -0.25) is 34.3 Å². The third kappa shape index (κ3) is 9.98. The van der Waals surface area contributed by atoms with Gasteiger partial charge in [-0.05, 0) is 120 Å². The zero-order valence-electron chi connectivity index (χ0n) is 32.6. The van der Waals surface area contributed by atoms with Crippen molar-refractivity contribution in [1.29, 1.82) is 5.26 Å². The lowest BCUT2D eigenvalue weighted by Crippen LogP contribution is -2.60. The predicted octanol–water partition coefficient (Wildman–Crippen LogP) is 6.03. The first-order chi connectivity index (χ1) is 27.8. The van der Waals surface area contributed by atoms with Crippen molar-refractivity contribution in [2.75, 3.05) is 48.3 Å². The van der Waals surface area contributed by atoms with E-state index in [1.807, 2.05) is 4.90 Å². The van der Waals surface area contributed by atoms with Crippen LogP contribution < -0.4 is 20.9 Å². The Morgan fingerprint density at radius 3 is 2.36 bits per heavy atom. The number of halogens is 6. The number of anilines is 3. The van der Waals surface area contributed by atoms with Crippen LogP contribution in [0.5, 0.6) is 0 Å². The Morgan fingerprint density at radius 1 is 0.983 bits per heavy atom. The molecule has 1 saturated carbocycles. The molecule has 4 amide bonds. The molecule has 1 aliphatic carbocycles. The van der Waals surface area contributed by atoms with E-state index in [0.29, 0.717) is 56.1 Å². The fourth-order valence-corrected chi connectivity index (χ4v) is 9.20. The van der Waals surface area contributed by atoms with Crippen LogP contribution in [-0.2, 0) is 25.4 Å². The number of piperazine rings is 1. The summed E-state index contributed by atoms with van der Waals surface area (Å²) in [7, 11) is 0. The minimum Gasteiger partial charge on any atom is -0.374 e. The fraction of sp³-hybridized carbons (Fsp3) is 0.550. The number of hydrogen-bond donors (Lipinski definition) is 3. The van der Waals surface area contributed by atoms with Crippen LogP contribution in [0.4, 0.5) is 43.4 Å². The number of piperidine rings is 1. The molecule has 4 aliphatic rings. The lowest BCUT2D eigenvalue weighted by molar-refractivity contribution is -0.197. The molecule has 2 unspecified atom stereocenters. The number of carbonyl (C=O) groups excluding carboxylic acids is 4. The number of benzene rings is 2. The molecule has 0 spiro atoms. The maximum absolute atomic E-state index is 14.3. The summed E-state index contributed by atoms with van der Waals surface area (Å²) in [5.41, 5.74) is -2.04. The summed E-state index contributed by atoms with van der Waals surface area (Å²) in [4.78, 5) is 56.0. The molecule has 12 nitrogen and oxygen atoms in total. The maximum atomic E-state index is 14.3. The molecular weight excluding hydrogens is 803 g/mol. The van der Waals surface area contributed by atoms with Gasteiger partial charge in [0.25, 0.3) is 5.91 Å². The van der Waals surface area contributed by atoms with Gasteiger partial charge in [0.05, 0.1) is 29.4 Å². The lowest BCUT2D eigenvalue weighted by atomic mass is 9.82. The highest BCUT2D eigenvalue weighted by atomic mass is 32.1. The average Bonchev–Trinajstić information content (AvgIpc) is 3.34. The van der Waals surface area contributed by atoms with E-state index >= 15 is 0 Å². The van der Waals surface area contributed by atoms with Gasteiger partial charge in [-0.15, -0.1) is 0 Å². The quantitative estimate of drug-likeness (QED) is 0.140. The summed E-state index contributed by atoms with van der Waals surface area (Å²) in [5, 5.41) is 17.2. The highest BCUT2D eigenvalue weighted by Gasteiger charge is 2.53. The Labute approximate surface area is 343 Å². The number of nitrogens with zero attached hydrogens (tertiary/aromatic N) is 5. The van der Waals surface area contributed by atoms with E-state index in [-0.39, 0.29) is 42.3 Å². The molecule has 3 aliphatic heterocycles. The van der Waals surface area contributed by atoms with Crippen LogP contribution in [0.1, 0.15) is 76.3 Å². The van der Waals surface area contributed by atoms with E-state index < -0.39 is 65.4 Å². The molecule has 3 N–H and O–H groups in total. The SMILES string of the molecule is CC1(C)C(=O)N(c2ccc(C#N)c(C(F)(F)F)c2)C(=S)N1[C@H]1CC[C@H](CCCN2CCN(CC(=O)Nc3cccc(NC4CCC(=O)NC4=O)c3)C(C(F)(F)F)C2)CC1. The normalized spacial score (nSPS) is 24.5. The van der Waals surface area contributed by atoms with Gasteiger partial charge in [0.15, 0.2) is 5.11 Å². The predicted molar refractivity (Wildman–Crippen MR) is 210 cm³/mol. The van der Waals surface area contributed by atoms with E-state index in [1.54, 1.807) is 49.1 Å². The Hall–Kier alpha value is -4.80. The number of imide groups is 1. The first-order valence-corrected chi connectivity index (χ1v) is 20.0. The van der Waals surface area contributed by atoms with Crippen molar-refractivity contribution >= 4 is 58.0 Å². The summed E-state index contributed by atoms with van der Waals surface area (Å²) in [6.45, 7) is 3.49. The van der Waals surface area contributed by atoms with Crippen molar-refractivity contribution in [3.8, 4) is 6.07 Å². The molecule has 3 heterocycles. The van der Waals surface area contributed by atoms with Crippen molar-refractivity contribution in [3.05, 3.63) is 53.6 Å². The number of amides is 4. The largest absolute Gasteiger partial charge is 0.417 e. The van der Waals surface area contributed by atoms with Crippen molar-refractivity contribution in [2.24, 2.45) is 5.92 Å². The molecule has 19 heteroatoms. The molecule has 4 fully saturated rings. The van der Waals surface area contributed by atoms with E-state index in [9.17, 15) is 50.8 Å². The number of hydrogen-bond acceptors (Lipinski definition) is 9. The van der Waals surface area contributed by atoms with Crippen LogP contribution in [0.3, 0.4) is 0 Å². The standard InChI is InChI=1S/C40H46F6N8O4S/c1-38(2)36(58)53(29-13-10-25(21-47)30(20-29)39(41,42)43)37(59)54(38)28-11-8-24(9-12-28)5-4-16-51-17-18-52(32(22-51)40(44,45)46)23-34(56)49-27-7-3-6-26(19-27)48-31-14-15-33(55)50-35(31)57/h3,6-7,10,13,19-20,24,28,31-32,48H,4-5,8-9,11-12,14-18,22-23H2,1-2H3,(H,49,56)(H,50,55,57)/t24-,28-,31?,32?. The molecule has 2 atom stereocenters. The summed E-state index contributed by atoms with van der Waals surface area (Å²) >= 11 is 5.70. The minimum atomic E-state index is -4.80. The monoisotopic (exact) mass is 848 g/mol. The Balaban J connectivity index is 0.971. The summed E-state index contributed by atoms with van der Waals surface area (Å²) in [5.74, 6) is -1.59. The Bertz CT molecular complexity index is 2000. The highest BCUT2D eigenvalue weighted by molar-refractivity contribution is 7.80. The molecule has 2 aromatic carbocycles. The second kappa shape index (κ2) is 17.4. The zero-order valence-corrected chi connectivity index (χ0v) is 33.4. The number of nitriles is 1. The third-order valence-corrected chi connectivity index (χ3v) is 12.1. The van der Waals surface area contributed by atoms with Gasteiger partial charge >= 0.3 is 12.4 Å². The van der Waals surface area contributed by atoms with Crippen molar-refractivity contribution in [1.82, 2.24) is 20.0 Å². The average molecular weight is 849 g/mol. The second-order valence-corrected chi connectivity index (χ2v) is 16.5. The van der Waals surface area contributed by atoms with E-state index in [4.69, 9.17) is 12.2 Å². The van der Waals surface area contributed by atoms with Crippen LogP contribution in [0.25, 0.3) is 0 Å². The van der Waals surface area contributed by atoms with Gasteiger partial charge in [-0.1, -0.05) is 6.07 Å². The van der Waals surface area contributed by atoms with Gasteiger partial charge in [0.2, 0.25) is 17.7 Å². The van der Waals surface area contributed by atoms with Crippen LogP contribution in [-0.4, -0.2) is 106 Å². The molecule has 3 saturated heterocycles. The molecule has 0 bridgehead atoms. The summed E-state index contributed by atoms with van der Waals surface area (Å²) < 4.78 is 84.1. The topological polar surface area (TPSA) is 141 Å². The number of rotatable bonds is 11. The first-order valence-electron chi connectivity index (χ1n) is 19.6. The van der Waals surface area contributed by atoms with Gasteiger partial charge in [0, 0.05) is 43.5 Å². The van der Waals surface area contributed by atoms with E-state index in [0.717, 1.165) is 41.2 Å². The van der Waals surface area contributed by atoms with Gasteiger partial charge in [0.1, 0.15) is 17.6 Å². The number of thiocarbonyl (C=S) groups is 1. The molecule has 59 heavy (non-hydrogen) atoms. The van der Waals surface area contributed by atoms with Crippen molar-refractivity contribution in [2.45, 2.75) is 101 Å². The third-order valence-electron chi connectivity index (χ3n) is 11.7. The first kappa shape index (κ1) is 43.8. The van der Waals surface area contributed by atoms with Gasteiger partial charge in [-0.25, -0.2) is 0 Å². The smallest absolute Gasteiger partial charge is 0.374 e. The van der Waals surface area contributed by atoms with E-state index in [1.165, 1.54) is 6.07 Å². The van der Waals surface area contributed by atoms with Gasteiger partial charge < -0.3 is 20.4 Å². The highest BCUT2D eigenvalue weighted by Crippen LogP contribution is 2.42. The van der Waals surface area contributed by atoms with Crippen molar-refractivity contribution in [3.63, 3.8) is 0 Å². The van der Waals surface area contributed by atoms with Gasteiger partial charge in [-0.2, -0.15) is 31.6 Å². The van der Waals surface area contributed by atoms with E-state index in [2.05, 4.69) is 16.0 Å². The molecular formula is C40H46F6N8O4S. The number of alkyl halides is 6. The Kier molecular flexibility index (Phi) is 12.9. The molecule has 6 rings (SSSR count). The molecule has 2 aromatic rings. The lowest BCUT2D eigenvalue weighted by Gasteiger charge is -2.42. The molecule has 0 aromatic heterocycles. The zero-order chi connectivity index (χ0) is 42.9. The van der Waals surface area contributed by atoms with Crippen LogP contribution in [0, 0.1) is 17.2 Å². The summed E-state index contributed by atoms with van der Waals surface area (Å²) in [6.07, 6.45) is -4.51. The summed E-state index contributed by atoms with van der Waals surface area (Å²) in [6, 6.07) is 8.50. The number of nitrogens with one attached hydrogen (secondary N) is 3. The minimum absolute atomic E-state index is 0.0427. The Morgan fingerprint density at radius 2 is 1.69 bits per heavy atom.